The number of carbonyl (C=O) groups is 5. The Balaban J connectivity index is 5.44. The van der Waals surface area contributed by atoms with Crippen molar-refractivity contribution in [2.75, 3.05) is 18.6 Å². The summed E-state index contributed by atoms with van der Waals surface area (Å²) < 4.78 is 0. The van der Waals surface area contributed by atoms with E-state index in [2.05, 4.69) is 20.9 Å². The molecule has 0 aliphatic rings. The second-order valence-corrected chi connectivity index (χ2v) is 9.57. The largest absolute Gasteiger partial charge is 0.481 e. The summed E-state index contributed by atoms with van der Waals surface area (Å²) in [6.45, 7) is 3.88. The number of thioether (sulfide) groups is 1. The van der Waals surface area contributed by atoms with Crippen LogP contribution in [0.15, 0.2) is 4.99 Å². The molecule has 36 heavy (non-hydrogen) atoms. The summed E-state index contributed by atoms with van der Waals surface area (Å²) in [5.41, 5.74) is 16.3. The molecule has 0 saturated carbocycles. The molecule has 14 nitrogen and oxygen atoms in total. The van der Waals surface area contributed by atoms with Crippen LogP contribution in [0.4, 0.5) is 0 Å². The number of nitrogens with one attached hydrogen (secondary N) is 3. The van der Waals surface area contributed by atoms with Gasteiger partial charge in [0.2, 0.25) is 17.7 Å². The maximum Gasteiger partial charge on any atom is 0.326 e. The van der Waals surface area contributed by atoms with E-state index in [0.717, 1.165) is 0 Å². The molecule has 0 radical (unpaired) electrons. The SMILES string of the molecule is CSCCC(NC(=O)C(CC(=O)O)NC(=O)C(N)CC(C)C)C(=O)NC(CCCN=C(N)N)C(=O)O. The summed E-state index contributed by atoms with van der Waals surface area (Å²) >= 11 is 1.39. The first kappa shape index (κ1) is 32.9. The number of hydrogen-bond acceptors (Lipinski definition) is 8. The summed E-state index contributed by atoms with van der Waals surface area (Å²) in [4.78, 5) is 64.7. The van der Waals surface area contributed by atoms with Crippen molar-refractivity contribution in [1.29, 1.82) is 0 Å². The minimum absolute atomic E-state index is 0.0342. The van der Waals surface area contributed by atoms with Gasteiger partial charge in [0.25, 0.3) is 0 Å². The van der Waals surface area contributed by atoms with Crippen molar-refractivity contribution in [2.24, 2.45) is 28.1 Å². The molecule has 3 amide bonds. The van der Waals surface area contributed by atoms with Gasteiger partial charge < -0.3 is 43.4 Å². The molecule has 0 saturated heterocycles. The van der Waals surface area contributed by atoms with E-state index in [9.17, 15) is 34.2 Å². The van der Waals surface area contributed by atoms with E-state index in [-0.39, 0.29) is 37.7 Å². The van der Waals surface area contributed by atoms with Crippen molar-refractivity contribution in [3.63, 3.8) is 0 Å². The molecular weight excluding hydrogens is 494 g/mol. The van der Waals surface area contributed by atoms with Gasteiger partial charge in [0.1, 0.15) is 18.1 Å². The molecule has 0 spiro atoms. The topological polar surface area (TPSA) is 252 Å². The minimum atomic E-state index is -1.48. The Morgan fingerprint density at radius 2 is 1.44 bits per heavy atom. The summed E-state index contributed by atoms with van der Waals surface area (Å²) in [5, 5.41) is 25.8. The number of guanidine groups is 1. The fourth-order valence-corrected chi connectivity index (χ4v) is 3.56. The first-order chi connectivity index (χ1) is 16.8. The lowest BCUT2D eigenvalue weighted by Gasteiger charge is -2.25. The number of rotatable bonds is 18. The third-order valence-electron chi connectivity index (χ3n) is 4.88. The van der Waals surface area contributed by atoms with Gasteiger partial charge in [-0.25, -0.2) is 4.79 Å². The minimum Gasteiger partial charge on any atom is -0.481 e. The zero-order valence-electron chi connectivity index (χ0n) is 20.9. The number of nitrogens with two attached hydrogens (primary N) is 3. The molecule has 4 atom stereocenters. The van der Waals surface area contributed by atoms with Gasteiger partial charge in [0.15, 0.2) is 5.96 Å². The van der Waals surface area contributed by atoms with Crippen LogP contribution >= 0.6 is 11.8 Å². The lowest BCUT2D eigenvalue weighted by molar-refractivity contribution is -0.143. The maximum absolute atomic E-state index is 12.9. The maximum atomic E-state index is 12.9. The van der Waals surface area contributed by atoms with Gasteiger partial charge >= 0.3 is 11.9 Å². The highest BCUT2D eigenvalue weighted by atomic mass is 32.2. The lowest BCUT2D eigenvalue weighted by atomic mass is 10.0. The van der Waals surface area contributed by atoms with E-state index in [1.165, 1.54) is 11.8 Å². The van der Waals surface area contributed by atoms with Crippen molar-refractivity contribution in [3.05, 3.63) is 0 Å². The van der Waals surface area contributed by atoms with Crippen LogP contribution in [0.2, 0.25) is 0 Å². The zero-order valence-corrected chi connectivity index (χ0v) is 21.7. The van der Waals surface area contributed by atoms with Crippen molar-refractivity contribution >= 4 is 47.4 Å². The highest BCUT2D eigenvalue weighted by Crippen LogP contribution is 2.07. The van der Waals surface area contributed by atoms with Crippen molar-refractivity contribution in [2.45, 2.75) is 70.1 Å². The smallest absolute Gasteiger partial charge is 0.326 e. The number of carbonyl (C=O) groups excluding carboxylic acids is 3. The number of aliphatic imine (C=N–C) groups is 1. The Bertz CT molecular complexity index is 791. The van der Waals surface area contributed by atoms with Crippen LogP contribution in [0.25, 0.3) is 0 Å². The molecule has 0 aliphatic carbocycles. The summed E-state index contributed by atoms with van der Waals surface area (Å²) in [7, 11) is 0. The third kappa shape index (κ3) is 14.4. The fraction of sp³-hybridized carbons (Fsp3) is 0.714. The Morgan fingerprint density at radius 1 is 0.889 bits per heavy atom. The van der Waals surface area contributed by atoms with Crippen LogP contribution < -0.4 is 33.2 Å². The molecule has 0 aromatic carbocycles. The van der Waals surface area contributed by atoms with Gasteiger partial charge in [-0.2, -0.15) is 11.8 Å². The van der Waals surface area contributed by atoms with E-state index in [0.29, 0.717) is 12.2 Å². The monoisotopic (exact) mass is 533 g/mol. The molecule has 15 heteroatoms. The van der Waals surface area contributed by atoms with Gasteiger partial charge in [-0.05, 0) is 43.6 Å². The van der Waals surface area contributed by atoms with E-state index in [1.807, 2.05) is 13.8 Å². The summed E-state index contributed by atoms with van der Waals surface area (Å²) in [6.07, 6.45) is 1.83. The molecule has 0 aromatic rings. The highest BCUT2D eigenvalue weighted by molar-refractivity contribution is 7.98. The molecule has 11 N–H and O–H groups in total. The Morgan fingerprint density at radius 3 is 1.94 bits per heavy atom. The molecule has 0 bridgehead atoms. The predicted octanol–water partition coefficient (Wildman–Crippen LogP) is -1.82. The van der Waals surface area contributed by atoms with Crippen LogP contribution in [0, 0.1) is 5.92 Å². The first-order valence-corrected chi connectivity index (χ1v) is 12.8. The van der Waals surface area contributed by atoms with Gasteiger partial charge in [-0.3, -0.25) is 24.2 Å². The highest BCUT2D eigenvalue weighted by Gasteiger charge is 2.31. The molecule has 0 rings (SSSR count). The average Bonchev–Trinajstić information content (AvgIpc) is 2.76. The van der Waals surface area contributed by atoms with E-state index in [4.69, 9.17) is 17.2 Å². The first-order valence-electron chi connectivity index (χ1n) is 11.4. The molecule has 0 fully saturated rings. The average molecular weight is 534 g/mol. The second kappa shape index (κ2) is 17.4. The van der Waals surface area contributed by atoms with Crippen molar-refractivity contribution in [1.82, 2.24) is 16.0 Å². The number of amides is 3. The van der Waals surface area contributed by atoms with E-state index >= 15 is 0 Å². The molecule has 0 aliphatic heterocycles. The number of nitrogens with zero attached hydrogens (tertiary/aromatic N) is 1. The van der Waals surface area contributed by atoms with Crippen LogP contribution in [0.3, 0.4) is 0 Å². The van der Waals surface area contributed by atoms with Crippen LogP contribution in [-0.4, -0.2) is 88.6 Å². The number of hydrogen-bond donors (Lipinski definition) is 8. The standard InChI is InChI=1S/C21H39N7O7S/c1-11(2)9-12(22)17(31)28-15(10-16(29)30)19(33)26-13(6-8-36-3)18(32)27-14(20(34)35)5-4-7-25-21(23)24/h11-15H,4-10,22H2,1-3H3,(H,26,33)(H,27,32)(H,28,31)(H,29,30)(H,34,35)(H4,23,24,25). The molecule has 4 unspecified atom stereocenters. The normalized spacial score (nSPS) is 14.1. The van der Waals surface area contributed by atoms with E-state index in [1.54, 1.807) is 6.26 Å². The molecular formula is C21H39N7O7S. The van der Waals surface area contributed by atoms with Gasteiger partial charge in [-0.1, -0.05) is 13.8 Å². The summed E-state index contributed by atoms with van der Waals surface area (Å²) in [5.74, 6) is -4.58. The van der Waals surface area contributed by atoms with Gasteiger partial charge in [0.05, 0.1) is 12.5 Å². The van der Waals surface area contributed by atoms with Gasteiger partial charge in [-0.15, -0.1) is 0 Å². The zero-order chi connectivity index (χ0) is 27.8. The summed E-state index contributed by atoms with van der Waals surface area (Å²) in [6, 6.07) is -4.85. The molecule has 0 aromatic heterocycles. The Hall–Kier alpha value is -3.07. The van der Waals surface area contributed by atoms with Crippen LogP contribution in [-0.2, 0) is 24.0 Å². The fourth-order valence-electron chi connectivity index (χ4n) is 3.09. The second-order valence-electron chi connectivity index (χ2n) is 8.59. The Kier molecular flexibility index (Phi) is 15.9. The number of carboxylic acid groups (broad SMARTS) is 2. The van der Waals surface area contributed by atoms with Crippen molar-refractivity contribution in [3.8, 4) is 0 Å². The van der Waals surface area contributed by atoms with E-state index < -0.39 is 60.2 Å². The van der Waals surface area contributed by atoms with Crippen LogP contribution in [0.1, 0.15) is 46.0 Å². The van der Waals surface area contributed by atoms with Crippen LogP contribution in [0.5, 0.6) is 0 Å². The van der Waals surface area contributed by atoms with Gasteiger partial charge in [0, 0.05) is 6.54 Å². The quantitative estimate of drug-likeness (QED) is 0.0553. The molecule has 206 valence electrons. The molecule has 0 heterocycles. The van der Waals surface area contributed by atoms with Crippen molar-refractivity contribution < 1.29 is 34.2 Å². The lowest BCUT2D eigenvalue weighted by Crippen LogP contribution is -2.57. The third-order valence-corrected chi connectivity index (χ3v) is 5.52. The number of aliphatic carboxylic acids is 2. The number of carboxylic acids is 2. The Labute approximate surface area is 214 Å². The predicted molar refractivity (Wildman–Crippen MR) is 136 cm³/mol.